The lowest BCUT2D eigenvalue weighted by Crippen LogP contribution is -2.11. The van der Waals surface area contributed by atoms with E-state index in [1.54, 1.807) is 12.1 Å². The van der Waals surface area contributed by atoms with Gasteiger partial charge in [0.25, 0.3) is 0 Å². The molecule has 2 rings (SSSR count). The smallest absolute Gasteiger partial charge is 0.219 e. The van der Waals surface area contributed by atoms with Crippen LogP contribution in [0, 0.1) is 11.3 Å². The number of furan rings is 1. The van der Waals surface area contributed by atoms with E-state index >= 15 is 0 Å². The number of hydrogen-bond acceptors (Lipinski definition) is 3. The van der Waals surface area contributed by atoms with E-state index in [4.69, 9.17) is 39.2 Å². The number of rotatable bonds is 3. The van der Waals surface area contributed by atoms with E-state index in [0.29, 0.717) is 10.6 Å². The van der Waals surface area contributed by atoms with Crippen molar-refractivity contribution >= 4 is 40.6 Å². The molecule has 0 spiro atoms. The minimum Gasteiger partial charge on any atom is -0.442 e. The van der Waals surface area contributed by atoms with Crippen LogP contribution in [0.25, 0.3) is 0 Å². The van der Waals surface area contributed by atoms with Gasteiger partial charge in [-0.1, -0.05) is 29.3 Å². The zero-order chi connectivity index (χ0) is 14.0. The van der Waals surface area contributed by atoms with Gasteiger partial charge in [-0.25, -0.2) is 0 Å². The quantitative estimate of drug-likeness (QED) is 0.770. The monoisotopic (exact) mass is 313 g/mol. The summed E-state index contributed by atoms with van der Waals surface area (Å²) in [6.45, 7) is 0. The summed E-state index contributed by atoms with van der Waals surface area (Å²) in [7, 11) is 0. The van der Waals surface area contributed by atoms with Crippen molar-refractivity contribution in [2.75, 3.05) is 0 Å². The maximum atomic E-state index is 12.2. The average Bonchev–Trinajstić information content (AvgIpc) is 2.79. The summed E-state index contributed by atoms with van der Waals surface area (Å²) >= 11 is 17.4. The van der Waals surface area contributed by atoms with Gasteiger partial charge in [-0.15, -0.1) is 0 Å². The molecule has 1 atom stereocenters. The van der Waals surface area contributed by atoms with Gasteiger partial charge in [0.05, 0.1) is 6.07 Å². The van der Waals surface area contributed by atoms with E-state index in [1.165, 1.54) is 18.2 Å². The molecular formula is C13H6Cl3NO2. The van der Waals surface area contributed by atoms with Crippen LogP contribution in [0.5, 0.6) is 0 Å². The highest BCUT2D eigenvalue weighted by Crippen LogP contribution is 2.30. The zero-order valence-electron chi connectivity index (χ0n) is 9.36. The summed E-state index contributed by atoms with van der Waals surface area (Å²) in [5.41, 5.74) is 0.381. The Morgan fingerprint density at radius 2 is 1.95 bits per heavy atom. The SMILES string of the molecule is N#CC(C(=O)c1ccc(Cl)o1)c1ccc(Cl)cc1Cl. The number of benzene rings is 1. The minimum absolute atomic E-state index is 0.0163. The van der Waals surface area contributed by atoms with Crippen LogP contribution >= 0.6 is 34.8 Å². The van der Waals surface area contributed by atoms with Crippen molar-refractivity contribution in [2.24, 2.45) is 0 Å². The van der Waals surface area contributed by atoms with Gasteiger partial charge < -0.3 is 4.42 Å². The van der Waals surface area contributed by atoms with Crippen LogP contribution in [-0.4, -0.2) is 5.78 Å². The molecule has 0 fully saturated rings. The third kappa shape index (κ3) is 2.93. The summed E-state index contributed by atoms with van der Waals surface area (Å²) in [6, 6.07) is 9.34. The van der Waals surface area contributed by atoms with Crippen LogP contribution < -0.4 is 0 Å². The van der Waals surface area contributed by atoms with Gasteiger partial charge >= 0.3 is 0 Å². The molecule has 19 heavy (non-hydrogen) atoms. The van der Waals surface area contributed by atoms with Crippen molar-refractivity contribution in [3.63, 3.8) is 0 Å². The van der Waals surface area contributed by atoms with Crippen LogP contribution in [-0.2, 0) is 0 Å². The van der Waals surface area contributed by atoms with E-state index in [9.17, 15) is 10.1 Å². The van der Waals surface area contributed by atoms with Crippen molar-refractivity contribution in [2.45, 2.75) is 5.92 Å². The fraction of sp³-hybridized carbons (Fsp3) is 0.0769. The van der Waals surface area contributed by atoms with Crippen molar-refractivity contribution in [1.29, 1.82) is 5.26 Å². The molecule has 96 valence electrons. The fourth-order valence-electron chi connectivity index (χ4n) is 1.59. The number of Topliss-reactive ketones (excluding diaryl/α,β-unsaturated/α-hetero) is 1. The van der Waals surface area contributed by atoms with Crippen LogP contribution in [0.2, 0.25) is 15.3 Å². The van der Waals surface area contributed by atoms with Crippen LogP contribution in [0.15, 0.2) is 34.7 Å². The molecule has 0 saturated carbocycles. The molecule has 1 aromatic carbocycles. The third-order valence-corrected chi connectivity index (χ3v) is 3.25. The van der Waals surface area contributed by atoms with Gasteiger partial charge in [-0.05, 0) is 41.4 Å². The fourth-order valence-corrected chi connectivity index (χ4v) is 2.26. The van der Waals surface area contributed by atoms with Crippen LogP contribution in [0.4, 0.5) is 0 Å². The molecule has 6 heteroatoms. The first-order valence-corrected chi connectivity index (χ1v) is 6.30. The summed E-state index contributed by atoms with van der Waals surface area (Å²) in [5, 5.41) is 9.94. The molecule has 0 aliphatic rings. The Kier molecular flexibility index (Phi) is 4.16. The summed E-state index contributed by atoms with van der Waals surface area (Å²) in [5.74, 6) is -1.55. The normalized spacial score (nSPS) is 11.9. The number of nitriles is 1. The Bertz CT molecular complexity index is 673. The Balaban J connectivity index is 2.40. The predicted molar refractivity (Wildman–Crippen MR) is 72.9 cm³/mol. The standard InChI is InChI=1S/C13H6Cl3NO2/c14-7-1-2-8(10(15)5-7)9(6-17)13(18)11-3-4-12(16)19-11/h1-5,9H. The van der Waals surface area contributed by atoms with Gasteiger partial charge in [-0.3, -0.25) is 4.79 Å². The lowest BCUT2D eigenvalue weighted by atomic mass is 9.95. The molecule has 1 unspecified atom stereocenters. The molecule has 0 N–H and O–H groups in total. The van der Waals surface area contributed by atoms with Crippen molar-refractivity contribution in [3.8, 4) is 6.07 Å². The number of nitrogens with zero attached hydrogens (tertiary/aromatic N) is 1. The van der Waals surface area contributed by atoms with E-state index in [-0.39, 0.29) is 16.0 Å². The molecule has 0 saturated heterocycles. The predicted octanol–water partition coefficient (Wildman–Crippen LogP) is 4.73. The number of halogens is 3. The first-order valence-electron chi connectivity index (χ1n) is 5.17. The van der Waals surface area contributed by atoms with Gasteiger partial charge in [0.1, 0.15) is 5.92 Å². The second-order valence-corrected chi connectivity index (χ2v) is 4.91. The highest BCUT2D eigenvalue weighted by molar-refractivity contribution is 6.35. The van der Waals surface area contributed by atoms with E-state index < -0.39 is 11.7 Å². The Morgan fingerprint density at radius 1 is 1.21 bits per heavy atom. The molecule has 0 aliphatic carbocycles. The highest BCUT2D eigenvalue weighted by Gasteiger charge is 2.26. The molecule has 1 heterocycles. The van der Waals surface area contributed by atoms with E-state index in [2.05, 4.69) is 0 Å². The first kappa shape index (κ1) is 14.0. The second kappa shape index (κ2) is 5.66. The first-order chi connectivity index (χ1) is 9.02. The highest BCUT2D eigenvalue weighted by atomic mass is 35.5. The van der Waals surface area contributed by atoms with Gasteiger partial charge in [0, 0.05) is 10.0 Å². The van der Waals surface area contributed by atoms with E-state index in [1.807, 2.05) is 6.07 Å². The maximum absolute atomic E-state index is 12.2. The van der Waals surface area contributed by atoms with Crippen molar-refractivity contribution in [1.82, 2.24) is 0 Å². The van der Waals surface area contributed by atoms with Gasteiger partial charge in [-0.2, -0.15) is 5.26 Å². The largest absolute Gasteiger partial charge is 0.442 e. The summed E-state index contributed by atoms with van der Waals surface area (Å²) < 4.78 is 5.01. The number of hydrogen-bond donors (Lipinski definition) is 0. The second-order valence-electron chi connectivity index (χ2n) is 3.70. The van der Waals surface area contributed by atoms with E-state index in [0.717, 1.165) is 0 Å². The van der Waals surface area contributed by atoms with Crippen molar-refractivity contribution in [3.05, 3.63) is 56.9 Å². The van der Waals surface area contributed by atoms with Gasteiger partial charge in [0.15, 0.2) is 11.0 Å². The maximum Gasteiger partial charge on any atom is 0.219 e. The number of carbonyl (C=O) groups is 1. The topological polar surface area (TPSA) is 54.0 Å². The molecule has 1 aromatic heterocycles. The molecular weight excluding hydrogens is 309 g/mol. The number of ketones is 1. The van der Waals surface area contributed by atoms with Crippen molar-refractivity contribution < 1.29 is 9.21 Å². The van der Waals surface area contributed by atoms with Gasteiger partial charge in [0.2, 0.25) is 5.78 Å². The average molecular weight is 315 g/mol. The number of carbonyl (C=O) groups excluding carboxylic acids is 1. The Hall–Kier alpha value is -1.47. The Labute approximate surface area is 124 Å². The molecule has 0 radical (unpaired) electrons. The zero-order valence-corrected chi connectivity index (χ0v) is 11.6. The molecule has 0 aliphatic heterocycles. The molecule has 0 bridgehead atoms. The third-order valence-electron chi connectivity index (χ3n) is 2.48. The summed E-state index contributed by atoms with van der Waals surface area (Å²) in [4.78, 5) is 12.2. The lowest BCUT2D eigenvalue weighted by Gasteiger charge is -2.09. The molecule has 2 aromatic rings. The van der Waals surface area contributed by atoms with Crippen LogP contribution in [0.3, 0.4) is 0 Å². The molecule has 3 nitrogen and oxygen atoms in total. The minimum atomic E-state index is -1.06. The Morgan fingerprint density at radius 3 is 2.47 bits per heavy atom. The lowest BCUT2D eigenvalue weighted by molar-refractivity contribution is 0.0952. The van der Waals surface area contributed by atoms with Crippen LogP contribution in [0.1, 0.15) is 22.0 Å². The summed E-state index contributed by atoms with van der Waals surface area (Å²) in [6.07, 6.45) is 0. The molecule has 0 amide bonds.